The number of hydrogen-bond acceptors (Lipinski definition) is 3. The number of halogens is 2. The molecule has 0 aliphatic carbocycles. The van der Waals surface area contributed by atoms with Gasteiger partial charge in [0.1, 0.15) is 0 Å². The third-order valence-corrected chi connectivity index (χ3v) is 3.81. The van der Waals surface area contributed by atoms with Crippen molar-refractivity contribution < 1.29 is 0 Å². The Morgan fingerprint density at radius 1 is 1.40 bits per heavy atom. The molecule has 2 rings (SSSR count). The van der Waals surface area contributed by atoms with Gasteiger partial charge in [-0.3, -0.25) is 4.68 Å². The zero-order valence-corrected chi connectivity index (χ0v) is 12.8. The normalized spacial score (nSPS) is 10.3. The van der Waals surface area contributed by atoms with Gasteiger partial charge in [0.25, 0.3) is 0 Å². The maximum Gasteiger partial charge on any atom is 0.0992 e. The van der Waals surface area contributed by atoms with Crippen LogP contribution in [0.4, 0.5) is 5.69 Å². The van der Waals surface area contributed by atoms with Crippen LogP contribution in [0.3, 0.4) is 0 Å². The van der Waals surface area contributed by atoms with E-state index in [0.717, 1.165) is 17.8 Å². The lowest BCUT2D eigenvalue weighted by atomic mass is 10.2. The van der Waals surface area contributed by atoms with Crippen LogP contribution in [0, 0.1) is 11.3 Å². The summed E-state index contributed by atoms with van der Waals surface area (Å²) < 4.78 is 1.76. The summed E-state index contributed by atoms with van der Waals surface area (Å²) in [6, 6.07) is 7.18. The molecule has 104 valence electrons. The predicted octanol–water partition coefficient (Wildman–Crippen LogP) is 3.77. The number of aromatic nitrogens is 2. The quantitative estimate of drug-likeness (QED) is 0.935. The van der Waals surface area contributed by atoms with Crippen LogP contribution in [0.25, 0.3) is 0 Å². The van der Waals surface area contributed by atoms with Gasteiger partial charge < -0.3 is 5.32 Å². The van der Waals surface area contributed by atoms with Crippen molar-refractivity contribution in [1.29, 1.82) is 5.26 Å². The van der Waals surface area contributed by atoms with E-state index in [1.165, 1.54) is 0 Å². The molecule has 0 saturated carbocycles. The maximum absolute atomic E-state index is 8.91. The first-order chi connectivity index (χ1) is 9.56. The molecule has 0 atom stereocenters. The summed E-state index contributed by atoms with van der Waals surface area (Å²) in [5.74, 6) is 0. The van der Waals surface area contributed by atoms with Crippen LogP contribution in [0.15, 0.2) is 18.2 Å². The molecule has 0 bridgehead atoms. The Bertz CT molecular complexity index is 671. The number of hydrogen-bond donors (Lipinski definition) is 1. The molecule has 0 unspecified atom stereocenters. The van der Waals surface area contributed by atoms with Crippen molar-refractivity contribution in [3.05, 3.63) is 45.2 Å². The van der Waals surface area contributed by atoms with Gasteiger partial charge in [0, 0.05) is 7.05 Å². The van der Waals surface area contributed by atoms with E-state index < -0.39 is 0 Å². The van der Waals surface area contributed by atoms with Gasteiger partial charge in [0.2, 0.25) is 0 Å². The van der Waals surface area contributed by atoms with E-state index in [2.05, 4.69) is 16.5 Å². The zero-order chi connectivity index (χ0) is 14.7. The van der Waals surface area contributed by atoms with Crippen LogP contribution in [-0.2, 0) is 20.0 Å². The highest BCUT2D eigenvalue weighted by Crippen LogP contribution is 2.26. The standard InChI is InChI=1S/C14H14Cl2N4/c1-3-11-14(16)13(20(2)19-11)8-18-12-6-9(7-17)4-5-10(12)15/h4-6,18H,3,8H2,1-2H3. The van der Waals surface area contributed by atoms with Gasteiger partial charge in [-0.15, -0.1) is 0 Å². The summed E-state index contributed by atoms with van der Waals surface area (Å²) in [7, 11) is 1.86. The lowest BCUT2D eigenvalue weighted by Gasteiger charge is -2.09. The van der Waals surface area contributed by atoms with Crippen molar-refractivity contribution in [3.8, 4) is 6.07 Å². The first-order valence-electron chi connectivity index (χ1n) is 6.20. The first-order valence-corrected chi connectivity index (χ1v) is 6.96. The van der Waals surface area contributed by atoms with Crippen LogP contribution in [-0.4, -0.2) is 9.78 Å². The highest BCUT2D eigenvalue weighted by atomic mass is 35.5. The molecule has 0 amide bonds. The topological polar surface area (TPSA) is 53.6 Å². The van der Waals surface area contributed by atoms with Gasteiger partial charge in [-0.1, -0.05) is 30.1 Å². The molecule has 1 heterocycles. The monoisotopic (exact) mass is 308 g/mol. The van der Waals surface area contributed by atoms with E-state index in [0.29, 0.717) is 27.8 Å². The van der Waals surface area contributed by atoms with Gasteiger partial charge in [0.05, 0.1) is 45.3 Å². The summed E-state index contributed by atoms with van der Waals surface area (Å²) in [6.07, 6.45) is 0.789. The van der Waals surface area contributed by atoms with Crippen LogP contribution in [0.2, 0.25) is 10.0 Å². The Balaban J connectivity index is 2.21. The molecule has 0 aliphatic heterocycles. The van der Waals surface area contributed by atoms with Crippen molar-refractivity contribution in [2.45, 2.75) is 19.9 Å². The third kappa shape index (κ3) is 2.90. The Morgan fingerprint density at radius 3 is 2.75 bits per heavy atom. The second-order valence-electron chi connectivity index (χ2n) is 4.34. The third-order valence-electron chi connectivity index (χ3n) is 3.04. The van der Waals surface area contributed by atoms with Crippen molar-refractivity contribution in [3.63, 3.8) is 0 Å². The number of aryl methyl sites for hydroxylation is 2. The number of nitrogens with one attached hydrogen (secondary N) is 1. The van der Waals surface area contributed by atoms with E-state index in [1.54, 1.807) is 22.9 Å². The van der Waals surface area contributed by atoms with Crippen molar-refractivity contribution >= 4 is 28.9 Å². The second-order valence-corrected chi connectivity index (χ2v) is 5.13. The lowest BCUT2D eigenvalue weighted by molar-refractivity contribution is 0.707. The molecule has 0 radical (unpaired) electrons. The van der Waals surface area contributed by atoms with Crippen molar-refractivity contribution in [1.82, 2.24) is 9.78 Å². The van der Waals surface area contributed by atoms with Gasteiger partial charge >= 0.3 is 0 Å². The van der Waals surface area contributed by atoms with E-state index in [4.69, 9.17) is 28.5 Å². The van der Waals surface area contributed by atoms with Gasteiger partial charge in [0.15, 0.2) is 0 Å². The number of benzene rings is 1. The van der Waals surface area contributed by atoms with E-state index >= 15 is 0 Å². The van der Waals surface area contributed by atoms with Crippen molar-refractivity contribution in [2.24, 2.45) is 7.05 Å². The van der Waals surface area contributed by atoms with E-state index in [9.17, 15) is 0 Å². The fourth-order valence-corrected chi connectivity index (χ4v) is 2.47. The molecular formula is C14H14Cl2N4. The summed E-state index contributed by atoms with van der Waals surface area (Å²) in [5, 5.41) is 17.7. The SMILES string of the molecule is CCc1nn(C)c(CNc2cc(C#N)ccc2Cl)c1Cl. The molecular weight excluding hydrogens is 295 g/mol. The molecule has 0 fully saturated rings. The number of nitriles is 1. The highest BCUT2D eigenvalue weighted by molar-refractivity contribution is 6.33. The maximum atomic E-state index is 8.91. The predicted molar refractivity (Wildman–Crippen MR) is 81.1 cm³/mol. The molecule has 0 spiro atoms. The van der Waals surface area contributed by atoms with Crippen LogP contribution in [0.5, 0.6) is 0 Å². The Morgan fingerprint density at radius 2 is 2.15 bits per heavy atom. The zero-order valence-electron chi connectivity index (χ0n) is 11.2. The molecule has 1 N–H and O–H groups in total. The summed E-state index contributed by atoms with van der Waals surface area (Å²) in [6.45, 7) is 2.51. The molecule has 0 saturated heterocycles. The van der Waals surface area contributed by atoms with Gasteiger partial charge in [-0.25, -0.2) is 0 Å². The van der Waals surface area contributed by atoms with E-state index in [-0.39, 0.29) is 0 Å². The second kappa shape index (κ2) is 6.17. The minimum absolute atomic E-state index is 0.497. The minimum Gasteiger partial charge on any atom is -0.378 e. The fraction of sp³-hybridized carbons (Fsp3) is 0.286. The smallest absolute Gasteiger partial charge is 0.0992 e. The Kier molecular flexibility index (Phi) is 4.53. The van der Waals surface area contributed by atoms with Crippen molar-refractivity contribution in [2.75, 3.05) is 5.32 Å². The molecule has 1 aromatic carbocycles. The average Bonchev–Trinajstić information content (AvgIpc) is 2.73. The molecule has 6 heteroatoms. The Labute approximate surface area is 127 Å². The van der Waals surface area contributed by atoms with E-state index in [1.807, 2.05) is 14.0 Å². The molecule has 0 aliphatic rings. The lowest BCUT2D eigenvalue weighted by Crippen LogP contribution is -2.06. The molecule has 4 nitrogen and oxygen atoms in total. The summed E-state index contributed by atoms with van der Waals surface area (Å²) in [4.78, 5) is 0. The molecule has 1 aromatic heterocycles. The number of rotatable bonds is 4. The van der Waals surface area contributed by atoms with Crippen LogP contribution in [0.1, 0.15) is 23.9 Å². The minimum atomic E-state index is 0.497. The Hall–Kier alpha value is -1.70. The largest absolute Gasteiger partial charge is 0.378 e. The number of anilines is 1. The highest BCUT2D eigenvalue weighted by Gasteiger charge is 2.13. The summed E-state index contributed by atoms with van der Waals surface area (Å²) in [5.41, 5.74) is 3.04. The fourth-order valence-electron chi connectivity index (χ4n) is 1.92. The van der Waals surface area contributed by atoms with Gasteiger partial charge in [-0.2, -0.15) is 10.4 Å². The first kappa shape index (κ1) is 14.7. The van der Waals surface area contributed by atoms with Gasteiger partial charge in [-0.05, 0) is 24.6 Å². The average molecular weight is 309 g/mol. The van der Waals surface area contributed by atoms with Crippen LogP contribution < -0.4 is 5.32 Å². The molecule has 20 heavy (non-hydrogen) atoms. The summed E-state index contributed by atoms with van der Waals surface area (Å²) >= 11 is 12.4. The molecule has 2 aromatic rings. The number of nitrogens with zero attached hydrogens (tertiary/aromatic N) is 3. The van der Waals surface area contributed by atoms with Crippen LogP contribution >= 0.6 is 23.2 Å².